The van der Waals surface area contributed by atoms with Crippen LogP contribution in [0.5, 0.6) is 0 Å². The fourth-order valence-electron chi connectivity index (χ4n) is 10.3. The maximum atomic E-state index is 8.06. The van der Waals surface area contributed by atoms with Crippen molar-refractivity contribution in [2.75, 3.05) is 14.7 Å². The van der Waals surface area contributed by atoms with Gasteiger partial charge >= 0.3 is 0 Å². The van der Waals surface area contributed by atoms with Crippen molar-refractivity contribution in [1.82, 2.24) is 0 Å². The van der Waals surface area contributed by atoms with Gasteiger partial charge in [0.1, 0.15) is 11.2 Å². The monoisotopic (exact) mass is 1030 g/mol. The number of benzene rings is 10. The Morgan fingerprint density at radius 3 is 1.48 bits per heavy atom. The van der Waals surface area contributed by atoms with Gasteiger partial charge in [-0.05, 0) is 142 Å². The van der Waals surface area contributed by atoms with E-state index in [1.165, 1.54) is 31.3 Å². The van der Waals surface area contributed by atoms with Crippen LogP contribution in [-0.4, -0.2) is 0 Å². The molecule has 0 N–H and O–H groups in total. The molecule has 2 aromatic heterocycles. The van der Waals surface area contributed by atoms with E-state index in [0.717, 1.165) is 84.3 Å². The first-order valence-corrected chi connectivity index (χ1v) is 27.0. The normalized spacial score (nSPS) is 12.0. The summed E-state index contributed by atoms with van der Waals surface area (Å²) in [6, 6.07) is 79.7. The van der Waals surface area contributed by atoms with E-state index in [0.29, 0.717) is 10.0 Å². The van der Waals surface area contributed by atoms with Gasteiger partial charge in [0.2, 0.25) is 0 Å². The lowest BCUT2D eigenvalue weighted by Crippen LogP contribution is -2.16. The molecule has 0 amide bonds. The second kappa shape index (κ2) is 19.2. The molecule has 12 rings (SSSR count). The molecule has 0 fully saturated rings. The van der Waals surface area contributed by atoms with Gasteiger partial charge in [0.05, 0.1) is 16.4 Å². The number of hydrogen-bond acceptors (Lipinski definition) is 5. The number of furan rings is 1. The van der Waals surface area contributed by atoms with Gasteiger partial charge in [-0.1, -0.05) is 180 Å². The van der Waals surface area contributed by atoms with Crippen LogP contribution in [0, 0.1) is 0 Å². The van der Waals surface area contributed by atoms with Crippen LogP contribution < -0.4 is 14.7 Å². The van der Waals surface area contributed by atoms with Crippen molar-refractivity contribution >= 4 is 128 Å². The molecular formula is C68H55Cl2N3OS. The predicted octanol–water partition coefficient (Wildman–Crippen LogP) is 21.9. The molecule has 0 aliphatic heterocycles. The molecule has 0 saturated heterocycles. The summed E-state index contributed by atoms with van der Waals surface area (Å²) in [4.78, 5) is 6.83. The zero-order chi connectivity index (χ0) is 51.6. The molecule has 10 aromatic carbocycles. The Hall–Kier alpha value is -7.80. The van der Waals surface area contributed by atoms with Gasteiger partial charge < -0.3 is 19.1 Å². The number of hydrogen-bond donors (Lipinski definition) is 0. The summed E-state index contributed by atoms with van der Waals surface area (Å²) in [6.45, 7) is 13.5. The third-order valence-electron chi connectivity index (χ3n) is 14.3. The quantitative estimate of drug-likeness (QED) is 0.136. The third kappa shape index (κ3) is 9.20. The minimum absolute atomic E-state index is 0.0293. The van der Waals surface area contributed by atoms with Crippen LogP contribution in [0.1, 0.15) is 52.7 Å². The van der Waals surface area contributed by atoms with Crippen LogP contribution in [0.2, 0.25) is 10.0 Å². The maximum absolute atomic E-state index is 8.06. The molecule has 0 bridgehead atoms. The van der Waals surface area contributed by atoms with Crippen LogP contribution in [0.25, 0.3) is 53.2 Å². The molecule has 0 saturated carbocycles. The summed E-state index contributed by atoms with van der Waals surface area (Å²) >= 11 is 17.3. The molecule has 0 aliphatic carbocycles. The average Bonchev–Trinajstić information content (AvgIpc) is 3.99. The van der Waals surface area contributed by atoms with E-state index in [4.69, 9.17) is 27.6 Å². The Kier molecular flexibility index (Phi) is 12.3. The zero-order valence-electron chi connectivity index (χ0n) is 42.8. The molecule has 12 aromatic rings. The SMILES string of the molecule is CC(C)(C)c1ccc(N(c2cccc(N(c3cccc(-c4ccccc4)c3)c3ccc4oc5ccccc5c4c3)c2)c2cc(Cl)cc(N(c3ccc(C(C)(C)C)cc3)c3ccc4c(c3)sc3ccccc34)c2Cl)cc1. The minimum Gasteiger partial charge on any atom is -0.456 e. The molecule has 7 heteroatoms. The van der Waals surface area contributed by atoms with E-state index < -0.39 is 0 Å². The summed E-state index contributed by atoms with van der Waals surface area (Å²) < 4.78 is 8.80. The first-order chi connectivity index (χ1) is 36.2. The summed E-state index contributed by atoms with van der Waals surface area (Å²) in [7, 11) is 0. The summed E-state index contributed by atoms with van der Waals surface area (Å²) in [5, 5.41) is 5.69. The van der Waals surface area contributed by atoms with Gasteiger partial charge in [-0.25, -0.2) is 0 Å². The van der Waals surface area contributed by atoms with Gasteiger partial charge in [0.15, 0.2) is 0 Å². The van der Waals surface area contributed by atoms with Crippen molar-refractivity contribution in [3.8, 4) is 11.1 Å². The Morgan fingerprint density at radius 1 is 0.347 bits per heavy atom. The van der Waals surface area contributed by atoms with Gasteiger partial charge in [-0.3, -0.25) is 0 Å². The lowest BCUT2D eigenvalue weighted by molar-refractivity contribution is 0.590. The van der Waals surface area contributed by atoms with Crippen molar-refractivity contribution in [3.63, 3.8) is 0 Å². The van der Waals surface area contributed by atoms with E-state index in [2.05, 4.69) is 256 Å². The van der Waals surface area contributed by atoms with Crippen LogP contribution in [0.4, 0.5) is 51.2 Å². The van der Waals surface area contributed by atoms with E-state index >= 15 is 0 Å². The van der Waals surface area contributed by atoms with Crippen molar-refractivity contribution < 1.29 is 4.42 Å². The van der Waals surface area contributed by atoms with Crippen LogP contribution >= 0.6 is 34.5 Å². The molecule has 368 valence electrons. The Labute approximate surface area is 453 Å². The Balaban J connectivity index is 1.06. The van der Waals surface area contributed by atoms with Crippen molar-refractivity contribution in [2.24, 2.45) is 0 Å². The number of thiophene rings is 1. The summed E-state index contributed by atoms with van der Waals surface area (Å²) in [6.07, 6.45) is 0. The standard InChI is InChI=1S/C68H55Cl2N3OS/c1-67(2,3)46-26-30-49(31-27-46)72(60-39-48(69)40-61(66(60)70)73(50-32-28-47(29-33-50)68(4,5)6)55-34-36-58-57-23-11-13-25-64(57)75-65(58)43-55)53-21-15-20-52(41-53)71(51-19-14-18-45(38-51)44-16-8-7-9-17-44)54-35-37-63-59(42-54)56-22-10-12-24-62(56)74-63/h7-43H,1-6H3. The van der Waals surface area contributed by atoms with E-state index in [-0.39, 0.29) is 10.8 Å². The van der Waals surface area contributed by atoms with Crippen LogP contribution in [-0.2, 0) is 10.8 Å². The fraction of sp³-hybridized carbons (Fsp3) is 0.118. The number of rotatable bonds is 10. The highest BCUT2D eigenvalue weighted by Gasteiger charge is 2.27. The second-order valence-electron chi connectivity index (χ2n) is 21.4. The molecule has 0 aliphatic rings. The maximum Gasteiger partial charge on any atom is 0.135 e. The van der Waals surface area contributed by atoms with Crippen molar-refractivity contribution in [1.29, 1.82) is 0 Å². The summed E-state index contributed by atoms with van der Waals surface area (Å²) in [5.41, 5.74) is 14.6. The van der Waals surface area contributed by atoms with E-state index in [1.54, 1.807) is 11.3 Å². The first-order valence-electron chi connectivity index (χ1n) is 25.4. The first kappa shape index (κ1) is 48.2. The number of fused-ring (bicyclic) bond motifs is 6. The Bertz CT molecular complexity index is 4070. The van der Waals surface area contributed by atoms with Crippen LogP contribution in [0.15, 0.2) is 229 Å². The molecule has 2 heterocycles. The number of nitrogens with zero attached hydrogens (tertiary/aromatic N) is 3. The highest BCUT2D eigenvalue weighted by atomic mass is 35.5. The number of halogens is 2. The van der Waals surface area contributed by atoms with E-state index in [1.807, 2.05) is 24.3 Å². The number of anilines is 9. The molecule has 75 heavy (non-hydrogen) atoms. The van der Waals surface area contributed by atoms with Crippen LogP contribution in [0.3, 0.4) is 0 Å². The topological polar surface area (TPSA) is 22.9 Å². The molecular weight excluding hydrogens is 978 g/mol. The van der Waals surface area contributed by atoms with Gasteiger partial charge in [0.25, 0.3) is 0 Å². The van der Waals surface area contributed by atoms with Crippen molar-refractivity contribution in [3.05, 3.63) is 246 Å². The lowest BCUT2D eigenvalue weighted by Gasteiger charge is -2.33. The van der Waals surface area contributed by atoms with Gasteiger partial charge in [0, 0.05) is 75.8 Å². The smallest absolute Gasteiger partial charge is 0.135 e. The fourth-order valence-corrected chi connectivity index (χ4v) is 12.0. The Morgan fingerprint density at radius 2 is 0.827 bits per heavy atom. The molecule has 0 spiro atoms. The highest BCUT2D eigenvalue weighted by Crippen LogP contribution is 2.51. The zero-order valence-corrected chi connectivity index (χ0v) is 45.1. The molecule has 0 radical (unpaired) electrons. The average molecular weight is 1030 g/mol. The van der Waals surface area contributed by atoms with Crippen molar-refractivity contribution in [2.45, 2.75) is 52.4 Å². The second-order valence-corrected chi connectivity index (χ2v) is 23.2. The molecule has 4 nitrogen and oxygen atoms in total. The van der Waals surface area contributed by atoms with Gasteiger partial charge in [-0.15, -0.1) is 11.3 Å². The number of para-hydroxylation sites is 1. The molecule has 0 atom stereocenters. The minimum atomic E-state index is -0.0566. The summed E-state index contributed by atoms with van der Waals surface area (Å²) in [5.74, 6) is 0. The largest absolute Gasteiger partial charge is 0.456 e. The molecule has 0 unspecified atom stereocenters. The van der Waals surface area contributed by atoms with E-state index in [9.17, 15) is 0 Å². The van der Waals surface area contributed by atoms with Gasteiger partial charge in [-0.2, -0.15) is 0 Å². The highest BCUT2D eigenvalue weighted by molar-refractivity contribution is 7.25. The predicted molar refractivity (Wildman–Crippen MR) is 324 cm³/mol. The lowest BCUT2D eigenvalue weighted by atomic mass is 9.87. The third-order valence-corrected chi connectivity index (χ3v) is 16.0.